The Bertz CT molecular complexity index is 906. The minimum atomic E-state index is -4.04. The largest absolute Gasteiger partial charge is 0.349 e. The first-order valence-electron chi connectivity index (χ1n) is 8.08. The second kappa shape index (κ2) is 7.13. The van der Waals surface area contributed by atoms with Gasteiger partial charge in [0.15, 0.2) is 0 Å². The highest BCUT2D eigenvalue weighted by atomic mass is 32.2. The van der Waals surface area contributed by atoms with Gasteiger partial charge < -0.3 is 5.32 Å². The summed E-state index contributed by atoms with van der Waals surface area (Å²) in [6.45, 7) is 0.00495. The SMILES string of the molecule is CN(Cc1ccc(C(=O)NC2CC2)cc1)S(=O)(=O)c1cc(F)cc(F)c1. The maximum Gasteiger partial charge on any atom is 0.251 e. The molecule has 0 aromatic heterocycles. The molecule has 8 heteroatoms. The summed E-state index contributed by atoms with van der Waals surface area (Å²) in [6, 6.07) is 8.97. The molecule has 1 fully saturated rings. The quantitative estimate of drug-likeness (QED) is 0.838. The van der Waals surface area contributed by atoms with Crippen LogP contribution < -0.4 is 5.32 Å². The Hall–Kier alpha value is -2.32. The van der Waals surface area contributed by atoms with E-state index in [0.29, 0.717) is 17.2 Å². The minimum absolute atomic E-state index is 0.00495. The highest BCUT2D eigenvalue weighted by Crippen LogP contribution is 2.21. The molecule has 2 aromatic carbocycles. The lowest BCUT2D eigenvalue weighted by Crippen LogP contribution is -2.27. The van der Waals surface area contributed by atoms with Crippen LogP contribution in [0.3, 0.4) is 0 Å². The molecule has 0 unspecified atom stereocenters. The lowest BCUT2D eigenvalue weighted by Gasteiger charge is -2.17. The number of amides is 1. The van der Waals surface area contributed by atoms with E-state index in [9.17, 15) is 22.0 Å². The monoisotopic (exact) mass is 380 g/mol. The Morgan fingerprint density at radius 2 is 1.69 bits per heavy atom. The van der Waals surface area contributed by atoms with Gasteiger partial charge in [-0.1, -0.05) is 12.1 Å². The van der Waals surface area contributed by atoms with Gasteiger partial charge >= 0.3 is 0 Å². The predicted octanol–water partition coefficient (Wildman–Crippen LogP) is 2.68. The van der Waals surface area contributed by atoms with Crippen LogP contribution in [0.25, 0.3) is 0 Å². The lowest BCUT2D eigenvalue weighted by atomic mass is 10.1. The number of halogens is 2. The zero-order valence-electron chi connectivity index (χ0n) is 14.1. The summed E-state index contributed by atoms with van der Waals surface area (Å²) in [6.07, 6.45) is 1.99. The highest BCUT2D eigenvalue weighted by Gasteiger charge is 2.24. The molecule has 1 N–H and O–H groups in total. The summed E-state index contributed by atoms with van der Waals surface area (Å²) in [7, 11) is -2.72. The molecule has 1 saturated carbocycles. The average Bonchev–Trinajstić information content (AvgIpc) is 3.38. The average molecular weight is 380 g/mol. The molecule has 3 rings (SSSR count). The molecule has 1 amide bonds. The molecule has 0 saturated heterocycles. The predicted molar refractivity (Wildman–Crippen MR) is 91.9 cm³/mol. The van der Waals surface area contributed by atoms with Gasteiger partial charge in [-0.15, -0.1) is 0 Å². The first-order chi connectivity index (χ1) is 12.3. The van der Waals surface area contributed by atoms with Gasteiger partial charge in [0, 0.05) is 31.3 Å². The molecule has 1 aliphatic carbocycles. The van der Waals surface area contributed by atoms with Crippen LogP contribution in [0.4, 0.5) is 8.78 Å². The second-order valence-corrected chi connectivity index (χ2v) is 8.36. The van der Waals surface area contributed by atoms with Crippen molar-refractivity contribution in [2.75, 3.05) is 7.05 Å². The molecule has 138 valence electrons. The van der Waals surface area contributed by atoms with Gasteiger partial charge in [-0.2, -0.15) is 4.31 Å². The van der Waals surface area contributed by atoms with E-state index in [4.69, 9.17) is 0 Å². The number of carbonyl (C=O) groups is 1. The van der Waals surface area contributed by atoms with E-state index in [0.717, 1.165) is 29.3 Å². The van der Waals surface area contributed by atoms with Gasteiger partial charge in [0.1, 0.15) is 11.6 Å². The molecule has 2 aromatic rings. The van der Waals surface area contributed by atoms with Crippen molar-refractivity contribution in [3.8, 4) is 0 Å². The topological polar surface area (TPSA) is 66.5 Å². The fraction of sp³-hybridized carbons (Fsp3) is 0.278. The number of benzene rings is 2. The number of sulfonamides is 1. The molecule has 5 nitrogen and oxygen atoms in total. The van der Waals surface area contributed by atoms with Crippen LogP contribution in [-0.2, 0) is 16.6 Å². The van der Waals surface area contributed by atoms with Crippen molar-refractivity contribution >= 4 is 15.9 Å². The summed E-state index contributed by atoms with van der Waals surface area (Å²) in [4.78, 5) is 11.5. The van der Waals surface area contributed by atoms with Gasteiger partial charge in [-0.25, -0.2) is 17.2 Å². The molecule has 0 spiro atoms. The number of nitrogens with zero attached hydrogens (tertiary/aromatic N) is 1. The molecule has 0 radical (unpaired) electrons. The summed E-state index contributed by atoms with van der Waals surface area (Å²) >= 11 is 0. The van der Waals surface area contributed by atoms with Crippen molar-refractivity contribution < 1.29 is 22.0 Å². The van der Waals surface area contributed by atoms with Gasteiger partial charge in [-0.05, 0) is 42.7 Å². The Balaban J connectivity index is 1.72. The van der Waals surface area contributed by atoms with E-state index >= 15 is 0 Å². The summed E-state index contributed by atoms with van der Waals surface area (Å²) in [5, 5.41) is 2.87. The highest BCUT2D eigenvalue weighted by molar-refractivity contribution is 7.89. The maximum absolute atomic E-state index is 13.3. The lowest BCUT2D eigenvalue weighted by molar-refractivity contribution is 0.0951. The Morgan fingerprint density at radius 3 is 2.23 bits per heavy atom. The fourth-order valence-electron chi connectivity index (χ4n) is 2.46. The molecule has 26 heavy (non-hydrogen) atoms. The number of nitrogens with one attached hydrogen (secondary N) is 1. The Kier molecular flexibility index (Phi) is 5.06. The van der Waals surface area contributed by atoms with Crippen LogP contribution in [0.1, 0.15) is 28.8 Å². The summed E-state index contributed by atoms with van der Waals surface area (Å²) in [5.41, 5.74) is 1.15. The third kappa shape index (κ3) is 4.25. The van der Waals surface area contributed by atoms with Crippen LogP contribution in [0.15, 0.2) is 47.4 Å². The standard InChI is InChI=1S/C18H18F2N2O3S/c1-22(26(24,25)17-9-14(19)8-15(20)10-17)11-12-2-4-13(5-3-12)18(23)21-16-6-7-16/h2-5,8-10,16H,6-7,11H2,1H3,(H,21,23). The number of hydrogen-bond donors (Lipinski definition) is 1. The van der Waals surface area contributed by atoms with Gasteiger partial charge in [-0.3, -0.25) is 4.79 Å². The van der Waals surface area contributed by atoms with Crippen molar-refractivity contribution in [1.29, 1.82) is 0 Å². The third-order valence-electron chi connectivity index (χ3n) is 4.08. The van der Waals surface area contributed by atoms with Crippen LogP contribution in [0.5, 0.6) is 0 Å². The molecule has 0 heterocycles. The number of rotatable bonds is 6. The van der Waals surface area contributed by atoms with Crippen LogP contribution in [-0.4, -0.2) is 31.7 Å². The van der Waals surface area contributed by atoms with Crippen molar-refractivity contribution in [3.63, 3.8) is 0 Å². The summed E-state index contributed by atoms with van der Waals surface area (Å²) < 4.78 is 52.6. The van der Waals surface area contributed by atoms with Gasteiger partial charge in [0.2, 0.25) is 10.0 Å². The molecular weight excluding hydrogens is 362 g/mol. The smallest absolute Gasteiger partial charge is 0.251 e. The molecular formula is C18H18F2N2O3S. The first-order valence-corrected chi connectivity index (χ1v) is 9.52. The van der Waals surface area contributed by atoms with E-state index in [1.165, 1.54) is 7.05 Å². The number of carbonyl (C=O) groups excluding carboxylic acids is 1. The van der Waals surface area contributed by atoms with E-state index in [1.54, 1.807) is 24.3 Å². The van der Waals surface area contributed by atoms with Crippen molar-refractivity contribution in [1.82, 2.24) is 9.62 Å². The van der Waals surface area contributed by atoms with Gasteiger partial charge in [0.05, 0.1) is 4.90 Å². The summed E-state index contributed by atoms with van der Waals surface area (Å²) in [5.74, 6) is -2.07. The van der Waals surface area contributed by atoms with Gasteiger partial charge in [0.25, 0.3) is 5.91 Å². The minimum Gasteiger partial charge on any atom is -0.349 e. The molecule has 0 bridgehead atoms. The Morgan fingerprint density at radius 1 is 1.12 bits per heavy atom. The zero-order valence-corrected chi connectivity index (χ0v) is 14.9. The molecule has 1 aliphatic rings. The Labute approximate surface area is 150 Å². The second-order valence-electron chi connectivity index (χ2n) is 6.31. The number of hydrogen-bond acceptors (Lipinski definition) is 3. The molecule has 0 atom stereocenters. The van der Waals surface area contributed by atoms with Crippen LogP contribution in [0.2, 0.25) is 0 Å². The third-order valence-corrected chi connectivity index (χ3v) is 5.86. The first kappa shape index (κ1) is 18.5. The van der Waals surface area contributed by atoms with E-state index < -0.39 is 26.6 Å². The zero-order chi connectivity index (χ0) is 18.9. The normalized spacial score (nSPS) is 14.5. The van der Waals surface area contributed by atoms with E-state index in [1.807, 2.05) is 0 Å². The van der Waals surface area contributed by atoms with Crippen molar-refractivity contribution in [2.24, 2.45) is 0 Å². The molecule has 0 aliphatic heterocycles. The maximum atomic E-state index is 13.3. The van der Waals surface area contributed by atoms with E-state index in [-0.39, 0.29) is 18.5 Å². The van der Waals surface area contributed by atoms with Crippen molar-refractivity contribution in [3.05, 3.63) is 65.2 Å². The van der Waals surface area contributed by atoms with E-state index in [2.05, 4.69) is 5.32 Å². The van der Waals surface area contributed by atoms with Crippen molar-refractivity contribution in [2.45, 2.75) is 30.3 Å². The van der Waals surface area contributed by atoms with Crippen LogP contribution in [0, 0.1) is 11.6 Å². The van der Waals surface area contributed by atoms with Crippen LogP contribution >= 0.6 is 0 Å². The fourth-order valence-corrected chi connectivity index (χ4v) is 3.66.